The van der Waals surface area contributed by atoms with Crippen molar-refractivity contribution in [3.8, 4) is 0 Å². The Labute approximate surface area is 118 Å². The number of rotatable bonds is 5. The minimum atomic E-state index is 0.743. The third kappa shape index (κ3) is 4.07. The Morgan fingerprint density at radius 3 is 2.53 bits per heavy atom. The van der Waals surface area contributed by atoms with Crippen LogP contribution in [0.15, 0.2) is 30.3 Å². The Balaban J connectivity index is 2.03. The Bertz CT molecular complexity index is 357. The molecule has 19 heavy (non-hydrogen) atoms. The molecule has 0 heterocycles. The molecule has 0 saturated heterocycles. The van der Waals surface area contributed by atoms with Crippen molar-refractivity contribution in [3.05, 3.63) is 35.9 Å². The fourth-order valence-corrected chi connectivity index (χ4v) is 3.69. The molecule has 1 aromatic rings. The molecule has 1 heteroatoms. The zero-order chi connectivity index (χ0) is 13.7. The van der Waals surface area contributed by atoms with E-state index in [0.717, 1.165) is 30.3 Å². The second-order valence-corrected chi connectivity index (χ2v) is 6.47. The summed E-state index contributed by atoms with van der Waals surface area (Å²) in [4.78, 5) is 0. The van der Waals surface area contributed by atoms with Crippen LogP contribution >= 0.6 is 0 Å². The summed E-state index contributed by atoms with van der Waals surface area (Å²) in [6.07, 6.45) is 5.40. The maximum Gasteiger partial charge on any atom is 0.00957 e. The summed E-state index contributed by atoms with van der Waals surface area (Å²) in [6.45, 7) is 8.05. The van der Waals surface area contributed by atoms with Gasteiger partial charge in [-0.1, -0.05) is 51.1 Å². The van der Waals surface area contributed by atoms with Crippen LogP contribution in [0.4, 0.5) is 0 Å². The van der Waals surface area contributed by atoms with Gasteiger partial charge in [-0.15, -0.1) is 0 Å². The SMILES string of the molecule is CCNC1CCC(c2ccccc2)CC1CC(C)C. The van der Waals surface area contributed by atoms with Gasteiger partial charge in [0.05, 0.1) is 0 Å². The van der Waals surface area contributed by atoms with Gasteiger partial charge in [-0.3, -0.25) is 0 Å². The van der Waals surface area contributed by atoms with Crippen molar-refractivity contribution in [1.29, 1.82) is 0 Å². The molecule has 1 aliphatic carbocycles. The van der Waals surface area contributed by atoms with Gasteiger partial charge in [-0.25, -0.2) is 0 Å². The maximum absolute atomic E-state index is 3.71. The van der Waals surface area contributed by atoms with Gasteiger partial charge < -0.3 is 5.32 Å². The zero-order valence-electron chi connectivity index (χ0n) is 12.7. The Morgan fingerprint density at radius 1 is 1.16 bits per heavy atom. The summed E-state index contributed by atoms with van der Waals surface area (Å²) in [7, 11) is 0. The lowest BCUT2D eigenvalue weighted by Crippen LogP contribution is -2.40. The van der Waals surface area contributed by atoms with Gasteiger partial charge in [0.25, 0.3) is 0 Å². The standard InChI is InChI=1S/C18H29N/c1-4-19-18-11-10-16(13-17(18)12-14(2)3)15-8-6-5-7-9-15/h5-9,14,16-19H,4,10-13H2,1-3H3. The van der Waals surface area contributed by atoms with Crippen LogP contribution in [0, 0.1) is 11.8 Å². The molecule has 3 atom stereocenters. The maximum atomic E-state index is 3.71. The summed E-state index contributed by atoms with van der Waals surface area (Å²) in [5.41, 5.74) is 1.55. The fraction of sp³-hybridized carbons (Fsp3) is 0.667. The Morgan fingerprint density at radius 2 is 1.89 bits per heavy atom. The van der Waals surface area contributed by atoms with Crippen LogP contribution in [-0.2, 0) is 0 Å². The second-order valence-electron chi connectivity index (χ2n) is 6.47. The van der Waals surface area contributed by atoms with E-state index < -0.39 is 0 Å². The van der Waals surface area contributed by atoms with E-state index in [9.17, 15) is 0 Å². The number of nitrogens with one attached hydrogen (secondary N) is 1. The minimum absolute atomic E-state index is 0.743. The lowest BCUT2D eigenvalue weighted by Gasteiger charge is -2.38. The molecular weight excluding hydrogens is 230 g/mol. The Hall–Kier alpha value is -0.820. The van der Waals surface area contributed by atoms with Crippen LogP contribution < -0.4 is 5.32 Å². The highest BCUT2D eigenvalue weighted by Gasteiger charge is 2.30. The number of hydrogen-bond donors (Lipinski definition) is 1. The lowest BCUT2D eigenvalue weighted by atomic mass is 9.72. The van der Waals surface area contributed by atoms with Gasteiger partial charge in [-0.05, 0) is 55.5 Å². The summed E-state index contributed by atoms with van der Waals surface area (Å²) in [6, 6.07) is 11.9. The van der Waals surface area contributed by atoms with E-state index in [-0.39, 0.29) is 0 Å². The monoisotopic (exact) mass is 259 g/mol. The van der Waals surface area contributed by atoms with E-state index in [2.05, 4.69) is 56.4 Å². The van der Waals surface area contributed by atoms with Crippen LogP contribution in [0.5, 0.6) is 0 Å². The summed E-state index contributed by atoms with van der Waals surface area (Å²) < 4.78 is 0. The van der Waals surface area contributed by atoms with Crippen LogP contribution in [0.2, 0.25) is 0 Å². The predicted molar refractivity (Wildman–Crippen MR) is 83.4 cm³/mol. The average molecular weight is 259 g/mol. The first-order valence-corrected chi connectivity index (χ1v) is 7.99. The molecule has 0 radical (unpaired) electrons. The molecule has 2 rings (SSSR count). The average Bonchev–Trinajstić information content (AvgIpc) is 2.41. The van der Waals surface area contributed by atoms with Gasteiger partial charge in [0.2, 0.25) is 0 Å². The molecule has 0 bridgehead atoms. The van der Waals surface area contributed by atoms with Crippen molar-refractivity contribution >= 4 is 0 Å². The zero-order valence-corrected chi connectivity index (χ0v) is 12.7. The number of hydrogen-bond acceptors (Lipinski definition) is 1. The van der Waals surface area contributed by atoms with E-state index in [1.54, 1.807) is 5.56 Å². The quantitative estimate of drug-likeness (QED) is 0.815. The lowest BCUT2D eigenvalue weighted by molar-refractivity contribution is 0.212. The topological polar surface area (TPSA) is 12.0 Å². The summed E-state index contributed by atoms with van der Waals surface area (Å²) in [5.74, 6) is 2.43. The second kappa shape index (κ2) is 7.09. The molecule has 1 nitrogen and oxygen atoms in total. The highest BCUT2D eigenvalue weighted by Crippen LogP contribution is 2.38. The van der Waals surface area contributed by atoms with Crippen molar-refractivity contribution in [2.45, 2.75) is 58.4 Å². The van der Waals surface area contributed by atoms with Gasteiger partial charge >= 0.3 is 0 Å². The highest BCUT2D eigenvalue weighted by molar-refractivity contribution is 5.20. The van der Waals surface area contributed by atoms with Gasteiger partial charge in [0.1, 0.15) is 0 Å². The number of benzene rings is 1. The Kier molecular flexibility index (Phi) is 5.45. The molecule has 1 aromatic carbocycles. The van der Waals surface area contributed by atoms with Crippen molar-refractivity contribution in [3.63, 3.8) is 0 Å². The molecule has 0 amide bonds. The van der Waals surface area contributed by atoms with E-state index >= 15 is 0 Å². The van der Waals surface area contributed by atoms with Crippen LogP contribution in [-0.4, -0.2) is 12.6 Å². The molecule has 1 aliphatic rings. The summed E-state index contributed by atoms with van der Waals surface area (Å²) in [5, 5.41) is 3.71. The minimum Gasteiger partial charge on any atom is -0.314 e. The molecule has 106 valence electrons. The van der Waals surface area contributed by atoms with Crippen molar-refractivity contribution < 1.29 is 0 Å². The summed E-state index contributed by atoms with van der Waals surface area (Å²) >= 11 is 0. The van der Waals surface area contributed by atoms with Crippen molar-refractivity contribution in [1.82, 2.24) is 5.32 Å². The van der Waals surface area contributed by atoms with Gasteiger partial charge in [-0.2, -0.15) is 0 Å². The van der Waals surface area contributed by atoms with Crippen LogP contribution in [0.25, 0.3) is 0 Å². The van der Waals surface area contributed by atoms with Gasteiger partial charge in [0, 0.05) is 6.04 Å². The molecule has 0 spiro atoms. The van der Waals surface area contributed by atoms with E-state index in [0.29, 0.717) is 0 Å². The third-order valence-electron chi connectivity index (χ3n) is 4.49. The third-order valence-corrected chi connectivity index (χ3v) is 4.49. The van der Waals surface area contributed by atoms with Crippen LogP contribution in [0.3, 0.4) is 0 Å². The largest absolute Gasteiger partial charge is 0.314 e. The smallest absolute Gasteiger partial charge is 0.00957 e. The highest BCUT2D eigenvalue weighted by atomic mass is 14.9. The molecule has 0 aromatic heterocycles. The van der Waals surface area contributed by atoms with E-state index in [1.807, 2.05) is 0 Å². The van der Waals surface area contributed by atoms with Crippen molar-refractivity contribution in [2.75, 3.05) is 6.54 Å². The van der Waals surface area contributed by atoms with E-state index in [1.165, 1.54) is 25.7 Å². The predicted octanol–water partition coefficient (Wildman–Crippen LogP) is 4.59. The molecule has 1 fully saturated rings. The molecule has 0 aliphatic heterocycles. The fourth-order valence-electron chi connectivity index (χ4n) is 3.69. The first kappa shape index (κ1) is 14.6. The molecular formula is C18H29N. The van der Waals surface area contributed by atoms with Crippen LogP contribution in [0.1, 0.15) is 57.9 Å². The molecule has 3 unspecified atom stereocenters. The van der Waals surface area contributed by atoms with Gasteiger partial charge in [0.15, 0.2) is 0 Å². The first-order chi connectivity index (χ1) is 9.20. The molecule has 1 saturated carbocycles. The van der Waals surface area contributed by atoms with E-state index in [4.69, 9.17) is 0 Å². The molecule has 1 N–H and O–H groups in total. The first-order valence-electron chi connectivity index (χ1n) is 7.99. The van der Waals surface area contributed by atoms with Crippen molar-refractivity contribution in [2.24, 2.45) is 11.8 Å². The normalized spacial score (nSPS) is 27.7.